The minimum Gasteiger partial charge on any atom is -0.444 e. The zero-order valence-electron chi connectivity index (χ0n) is 7.90. The molecule has 13 heavy (non-hydrogen) atoms. The number of rotatable bonds is 1. The Hall–Kier alpha value is -0.990. The van der Waals surface area contributed by atoms with Gasteiger partial charge >= 0.3 is 6.09 Å². The summed E-state index contributed by atoms with van der Waals surface area (Å²) in [7, 11) is 0. The summed E-state index contributed by atoms with van der Waals surface area (Å²) in [6.07, 6.45) is 7.12. The molecule has 3 heteroatoms. The van der Waals surface area contributed by atoms with E-state index in [0.717, 1.165) is 25.8 Å². The first-order valence-electron chi connectivity index (χ1n) is 4.95. The van der Waals surface area contributed by atoms with Gasteiger partial charge in [0.25, 0.3) is 0 Å². The molecule has 1 saturated heterocycles. The molecule has 0 aromatic carbocycles. The molecule has 0 aromatic rings. The second kappa shape index (κ2) is 3.40. The molecule has 2 rings (SSSR count). The summed E-state index contributed by atoms with van der Waals surface area (Å²) in [5.41, 5.74) is 0. The van der Waals surface area contributed by atoms with E-state index >= 15 is 0 Å². The van der Waals surface area contributed by atoms with Crippen molar-refractivity contribution in [2.75, 3.05) is 6.54 Å². The second-order valence-electron chi connectivity index (χ2n) is 3.59. The number of cyclic esters (lactones) is 1. The average Bonchev–Trinajstić information content (AvgIpc) is 2.38. The van der Waals surface area contributed by atoms with Crippen LogP contribution in [0.25, 0.3) is 0 Å². The van der Waals surface area contributed by atoms with Gasteiger partial charge in [0.2, 0.25) is 0 Å². The highest BCUT2D eigenvalue weighted by Crippen LogP contribution is 2.26. The number of hydrogen-bond acceptors (Lipinski definition) is 2. The normalized spacial score (nSPS) is 32.7. The van der Waals surface area contributed by atoms with E-state index in [0.29, 0.717) is 0 Å². The van der Waals surface area contributed by atoms with E-state index in [1.165, 1.54) is 0 Å². The number of nitrogens with zero attached hydrogens (tertiary/aromatic N) is 1. The maximum atomic E-state index is 11.4. The quantitative estimate of drug-likeness (QED) is 0.578. The number of fused-ring (bicyclic) bond motifs is 1. The van der Waals surface area contributed by atoms with Crippen LogP contribution in [-0.4, -0.2) is 29.7 Å². The molecule has 0 radical (unpaired) electrons. The molecule has 0 aromatic heterocycles. The molecule has 3 nitrogen and oxygen atoms in total. The highest BCUT2D eigenvalue weighted by molar-refractivity contribution is 5.70. The first-order chi connectivity index (χ1) is 6.33. The van der Waals surface area contributed by atoms with Gasteiger partial charge in [-0.3, -0.25) is 0 Å². The van der Waals surface area contributed by atoms with Crippen molar-refractivity contribution in [1.29, 1.82) is 0 Å². The summed E-state index contributed by atoms with van der Waals surface area (Å²) in [5.74, 6) is 0. The van der Waals surface area contributed by atoms with Crippen LogP contribution in [-0.2, 0) is 4.74 Å². The van der Waals surface area contributed by atoms with Crippen LogP contribution in [0.15, 0.2) is 12.2 Å². The molecule has 0 bridgehead atoms. The van der Waals surface area contributed by atoms with Crippen molar-refractivity contribution >= 4 is 6.09 Å². The highest BCUT2D eigenvalue weighted by atomic mass is 16.6. The Bertz CT molecular complexity index is 237. The number of ether oxygens (including phenoxy) is 1. The summed E-state index contributed by atoms with van der Waals surface area (Å²) in [4.78, 5) is 13.3. The monoisotopic (exact) mass is 181 g/mol. The largest absolute Gasteiger partial charge is 0.444 e. The maximum Gasteiger partial charge on any atom is 0.410 e. The van der Waals surface area contributed by atoms with Gasteiger partial charge in [0.1, 0.15) is 6.10 Å². The summed E-state index contributed by atoms with van der Waals surface area (Å²) in [6, 6.07) is 0.288. The number of amides is 1. The maximum absolute atomic E-state index is 11.4. The number of hydrogen-bond donors (Lipinski definition) is 0. The first kappa shape index (κ1) is 8.60. The number of carbonyl (C=O) groups excluding carboxylic acids is 1. The van der Waals surface area contributed by atoms with E-state index in [9.17, 15) is 4.79 Å². The minimum absolute atomic E-state index is 0.107. The van der Waals surface area contributed by atoms with E-state index in [1.807, 2.05) is 4.90 Å². The Morgan fingerprint density at radius 1 is 1.62 bits per heavy atom. The van der Waals surface area contributed by atoms with Crippen LogP contribution in [0.3, 0.4) is 0 Å². The number of carbonyl (C=O) groups is 1. The van der Waals surface area contributed by atoms with E-state index in [1.54, 1.807) is 0 Å². The SMILES string of the molecule is CC[C@@H]1OC(=O)N2CCC=CC[C@@H]12. The molecule has 1 fully saturated rings. The Morgan fingerprint density at radius 3 is 3.23 bits per heavy atom. The molecule has 2 aliphatic rings. The van der Waals surface area contributed by atoms with Crippen LogP contribution < -0.4 is 0 Å². The Morgan fingerprint density at radius 2 is 2.46 bits per heavy atom. The van der Waals surface area contributed by atoms with Gasteiger partial charge in [0.15, 0.2) is 0 Å². The van der Waals surface area contributed by atoms with Gasteiger partial charge < -0.3 is 9.64 Å². The standard InChI is InChI=1S/C10H15NO2/c1-2-9-8-6-4-3-5-7-11(8)10(12)13-9/h3-4,8-9H,2,5-7H2,1H3/t8-,9-/m0/s1. The highest BCUT2D eigenvalue weighted by Gasteiger charge is 2.39. The summed E-state index contributed by atoms with van der Waals surface area (Å²) < 4.78 is 5.27. The van der Waals surface area contributed by atoms with Gasteiger partial charge in [0.05, 0.1) is 6.04 Å². The van der Waals surface area contributed by atoms with Crippen molar-refractivity contribution in [3.63, 3.8) is 0 Å². The van der Waals surface area contributed by atoms with Gasteiger partial charge in [-0.15, -0.1) is 0 Å². The lowest BCUT2D eigenvalue weighted by Crippen LogP contribution is -2.35. The molecule has 2 atom stereocenters. The van der Waals surface area contributed by atoms with Crippen molar-refractivity contribution in [1.82, 2.24) is 4.90 Å². The third kappa shape index (κ3) is 1.43. The van der Waals surface area contributed by atoms with E-state index in [2.05, 4.69) is 19.1 Å². The molecule has 0 unspecified atom stereocenters. The first-order valence-corrected chi connectivity index (χ1v) is 4.95. The van der Waals surface area contributed by atoms with Crippen molar-refractivity contribution in [2.45, 2.75) is 38.3 Å². The van der Waals surface area contributed by atoms with Crippen LogP contribution in [0, 0.1) is 0 Å². The zero-order chi connectivity index (χ0) is 9.26. The molecule has 0 aliphatic carbocycles. The van der Waals surface area contributed by atoms with E-state index in [4.69, 9.17) is 4.74 Å². The van der Waals surface area contributed by atoms with E-state index < -0.39 is 0 Å². The van der Waals surface area contributed by atoms with Gasteiger partial charge in [-0.1, -0.05) is 19.1 Å². The van der Waals surface area contributed by atoms with Gasteiger partial charge in [-0.05, 0) is 19.3 Å². The molecule has 72 valence electrons. The smallest absolute Gasteiger partial charge is 0.410 e. The fourth-order valence-electron chi connectivity index (χ4n) is 2.07. The Labute approximate surface area is 78.4 Å². The lowest BCUT2D eigenvalue weighted by molar-refractivity contribution is 0.127. The lowest BCUT2D eigenvalue weighted by Gasteiger charge is -2.20. The van der Waals surface area contributed by atoms with Gasteiger partial charge in [0, 0.05) is 6.54 Å². The zero-order valence-corrected chi connectivity index (χ0v) is 7.90. The molecule has 0 saturated carbocycles. The van der Waals surface area contributed by atoms with E-state index in [-0.39, 0.29) is 18.2 Å². The van der Waals surface area contributed by atoms with Crippen molar-refractivity contribution < 1.29 is 9.53 Å². The van der Waals surface area contributed by atoms with Crippen molar-refractivity contribution in [2.24, 2.45) is 0 Å². The van der Waals surface area contributed by atoms with Crippen molar-refractivity contribution in [3.8, 4) is 0 Å². The van der Waals surface area contributed by atoms with Gasteiger partial charge in [-0.25, -0.2) is 4.79 Å². The third-order valence-corrected chi connectivity index (χ3v) is 2.80. The molecule has 0 N–H and O–H groups in total. The van der Waals surface area contributed by atoms with Crippen molar-refractivity contribution in [3.05, 3.63) is 12.2 Å². The summed E-state index contributed by atoms with van der Waals surface area (Å²) in [5, 5.41) is 0. The topological polar surface area (TPSA) is 29.5 Å². The van der Waals surface area contributed by atoms with Crippen LogP contribution in [0.4, 0.5) is 4.79 Å². The summed E-state index contributed by atoms with van der Waals surface area (Å²) >= 11 is 0. The van der Waals surface area contributed by atoms with Crippen LogP contribution >= 0.6 is 0 Å². The molecule has 2 aliphatic heterocycles. The third-order valence-electron chi connectivity index (χ3n) is 2.80. The molecule has 0 spiro atoms. The average molecular weight is 181 g/mol. The second-order valence-corrected chi connectivity index (χ2v) is 3.59. The predicted octanol–water partition coefficient (Wildman–Crippen LogP) is 1.94. The lowest BCUT2D eigenvalue weighted by atomic mass is 10.1. The minimum atomic E-state index is -0.124. The fraction of sp³-hybridized carbons (Fsp3) is 0.700. The molecular weight excluding hydrogens is 166 g/mol. The Kier molecular flexibility index (Phi) is 2.25. The van der Waals surface area contributed by atoms with Gasteiger partial charge in [-0.2, -0.15) is 0 Å². The Balaban J connectivity index is 2.15. The molecular formula is C10H15NO2. The molecule has 1 amide bonds. The van der Waals surface area contributed by atoms with Crippen LogP contribution in [0.2, 0.25) is 0 Å². The molecule has 2 heterocycles. The summed E-state index contributed by atoms with van der Waals surface area (Å²) in [6.45, 7) is 2.88. The van der Waals surface area contributed by atoms with Crippen LogP contribution in [0.1, 0.15) is 26.2 Å². The fourth-order valence-corrected chi connectivity index (χ4v) is 2.07. The predicted molar refractivity (Wildman–Crippen MR) is 49.4 cm³/mol. The van der Waals surface area contributed by atoms with Crippen LogP contribution in [0.5, 0.6) is 0 Å².